The predicted molar refractivity (Wildman–Crippen MR) is 90.2 cm³/mol. The average molecular weight is 311 g/mol. The zero-order valence-electron chi connectivity index (χ0n) is 13.2. The highest BCUT2D eigenvalue weighted by Crippen LogP contribution is 2.28. The highest BCUT2D eigenvalue weighted by atomic mass is 35.5. The molecule has 118 valence electrons. The zero-order valence-corrected chi connectivity index (χ0v) is 13.9. The number of benzene rings is 1. The van der Waals surface area contributed by atoms with Gasteiger partial charge in [0.15, 0.2) is 0 Å². The molecule has 2 rings (SSSR count). The predicted octanol–water partition coefficient (Wildman–Crippen LogP) is 3.26. The molecule has 0 bridgehead atoms. The average Bonchev–Trinajstić information content (AvgIpc) is 2.53. The molecule has 0 spiro atoms. The minimum Gasteiger partial charge on any atom is -0.396 e. The van der Waals surface area contributed by atoms with Crippen LogP contribution >= 0.6 is 11.6 Å². The first-order chi connectivity index (χ1) is 10.1. The van der Waals surface area contributed by atoms with Crippen LogP contribution in [-0.4, -0.2) is 49.3 Å². The zero-order chi connectivity index (χ0) is 15.3. The van der Waals surface area contributed by atoms with Crippen molar-refractivity contribution in [2.24, 2.45) is 5.41 Å². The van der Waals surface area contributed by atoms with E-state index in [2.05, 4.69) is 29.7 Å². The van der Waals surface area contributed by atoms with Crippen molar-refractivity contribution in [1.82, 2.24) is 4.90 Å². The molecule has 0 saturated carbocycles. The molecule has 1 heterocycles. The van der Waals surface area contributed by atoms with Gasteiger partial charge in [0.1, 0.15) is 0 Å². The number of halogens is 1. The van der Waals surface area contributed by atoms with Gasteiger partial charge in [0.25, 0.3) is 0 Å². The van der Waals surface area contributed by atoms with Gasteiger partial charge in [-0.2, -0.15) is 0 Å². The second-order valence-corrected chi connectivity index (χ2v) is 6.54. The van der Waals surface area contributed by atoms with Gasteiger partial charge in [-0.3, -0.25) is 4.90 Å². The Labute approximate surface area is 133 Å². The number of rotatable bonds is 6. The minimum atomic E-state index is 0.0677. The van der Waals surface area contributed by atoms with E-state index in [1.54, 1.807) is 0 Å². The van der Waals surface area contributed by atoms with Crippen LogP contribution < -0.4 is 4.90 Å². The van der Waals surface area contributed by atoms with Crippen molar-refractivity contribution >= 4 is 17.3 Å². The van der Waals surface area contributed by atoms with Crippen LogP contribution in [0.2, 0.25) is 5.02 Å². The van der Waals surface area contributed by atoms with Crippen molar-refractivity contribution in [2.75, 3.05) is 44.2 Å². The standard InChI is InChI=1S/C17H27ClN2O/c1-3-17(4-2,14-21)13-19-8-10-20(11-9-19)16-7-5-6-15(18)12-16/h5-7,12,21H,3-4,8-11,13-14H2,1-2H3. The van der Waals surface area contributed by atoms with Crippen molar-refractivity contribution < 1.29 is 5.11 Å². The molecule has 1 aliphatic rings. The van der Waals surface area contributed by atoms with Crippen LogP contribution in [0.25, 0.3) is 0 Å². The van der Waals surface area contributed by atoms with E-state index >= 15 is 0 Å². The van der Waals surface area contributed by atoms with Gasteiger partial charge in [0.2, 0.25) is 0 Å². The molecule has 1 fully saturated rings. The first-order valence-electron chi connectivity index (χ1n) is 7.96. The number of aliphatic hydroxyl groups excluding tert-OH is 1. The second-order valence-electron chi connectivity index (χ2n) is 6.11. The third-order valence-corrected chi connectivity index (χ3v) is 5.18. The Hall–Kier alpha value is -0.770. The summed E-state index contributed by atoms with van der Waals surface area (Å²) in [5.74, 6) is 0. The van der Waals surface area contributed by atoms with Crippen LogP contribution in [0.1, 0.15) is 26.7 Å². The summed E-state index contributed by atoms with van der Waals surface area (Å²) in [5, 5.41) is 10.5. The highest BCUT2D eigenvalue weighted by Gasteiger charge is 2.29. The fraction of sp³-hybridized carbons (Fsp3) is 0.647. The summed E-state index contributed by atoms with van der Waals surface area (Å²) < 4.78 is 0. The number of hydrogen-bond donors (Lipinski definition) is 1. The molecular weight excluding hydrogens is 284 g/mol. The summed E-state index contributed by atoms with van der Waals surface area (Å²) >= 11 is 6.07. The summed E-state index contributed by atoms with van der Waals surface area (Å²) in [6.07, 6.45) is 2.07. The number of nitrogens with zero attached hydrogens (tertiary/aromatic N) is 2. The molecule has 3 nitrogen and oxygen atoms in total. The number of hydrogen-bond acceptors (Lipinski definition) is 3. The van der Waals surface area contributed by atoms with Gasteiger partial charge in [0, 0.05) is 55.5 Å². The lowest BCUT2D eigenvalue weighted by Gasteiger charge is -2.41. The SMILES string of the molecule is CCC(CC)(CO)CN1CCN(c2cccc(Cl)c2)CC1. The Morgan fingerprint density at radius 3 is 2.33 bits per heavy atom. The molecule has 1 aromatic rings. The first kappa shape index (κ1) is 16.6. The monoisotopic (exact) mass is 310 g/mol. The molecule has 0 aromatic heterocycles. The van der Waals surface area contributed by atoms with Crippen LogP contribution in [0.15, 0.2) is 24.3 Å². The van der Waals surface area contributed by atoms with Gasteiger partial charge in [-0.25, -0.2) is 0 Å². The van der Waals surface area contributed by atoms with E-state index in [1.165, 1.54) is 5.69 Å². The summed E-state index contributed by atoms with van der Waals surface area (Å²) in [7, 11) is 0. The number of aliphatic hydroxyl groups is 1. The molecule has 0 radical (unpaired) electrons. The van der Waals surface area contributed by atoms with Crippen molar-refractivity contribution in [3.63, 3.8) is 0 Å². The fourth-order valence-corrected chi connectivity index (χ4v) is 3.24. The molecule has 4 heteroatoms. The fourth-order valence-electron chi connectivity index (χ4n) is 3.06. The van der Waals surface area contributed by atoms with Gasteiger partial charge in [-0.1, -0.05) is 31.5 Å². The lowest BCUT2D eigenvalue weighted by Crippen LogP contribution is -2.50. The van der Waals surface area contributed by atoms with Crippen LogP contribution in [0, 0.1) is 5.41 Å². The normalized spacial score (nSPS) is 17.2. The lowest BCUT2D eigenvalue weighted by molar-refractivity contribution is 0.0634. The second kappa shape index (κ2) is 7.48. The van der Waals surface area contributed by atoms with E-state index in [4.69, 9.17) is 11.6 Å². The Balaban J connectivity index is 1.91. The Kier molecular flexibility index (Phi) is 5.91. The first-order valence-corrected chi connectivity index (χ1v) is 8.34. The van der Waals surface area contributed by atoms with E-state index < -0.39 is 0 Å². The quantitative estimate of drug-likeness (QED) is 0.873. The van der Waals surface area contributed by atoms with E-state index in [-0.39, 0.29) is 12.0 Å². The van der Waals surface area contributed by atoms with E-state index in [9.17, 15) is 5.11 Å². The number of piperazine rings is 1. The molecule has 21 heavy (non-hydrogen) atoms. The van der Waals surface area contributed by atoms with Crippen molar-refractivity contribution in [2.45, 2.75) is 26.7 Å². The minimum absolute atomic E-state index is 0.0677. The molecule has 0 atom stereocenters. The van der Waals surface area contributed by atoms with E-state index in [0.29, 0.717) is 0 Å². The Morgan fingerprint density at radius 1 is 1.14 bits per heavy atom. The summed E-state index contributed by atoms with van der Waals surface area (Å²) in [6, 6.07) is 8.08. The van der Waals surface area contributed by atoms with Crippen molar-refractivity contribution in [3.8, 4) is 0 Å². The largest absolute Gasteiger partial charge is 0.396 e. The van der Waals surface area contributed by atoms with Crippen molar-refractivity contribution in [3.05, 3.63) is 29.3 Å². The molecule has 0 unspecified atom stereocenters. The summed E-state index contributed by atoms with van der Waals surface area (Å²) in [6.45, 7) is 9.80. The number of anilines is 1. The molecule has 1 aliphatic heterocycles. The van der Waals surface area contributed by atoms with Gasteiger partial charge in [-0.05, 0) is 31.0 Å². The van der Waals surface area contributed by atoms with E-state index in [0.717, 1.165) is 50.6 Å². The summed E-state index contributed by atoms with van der Waals surface area (Å²) in [4.78, 5) is 4.88. The molecular formula is C17H27ClN2O. The van der Waals surface area contributed by atoms with Crippen molar-refractivity contribution in [1.29, 1.82) is 0 Å². The van der Waals surface area contributed by atoms with Crippen LogP contribution in [0.4, 0.5) is 5.69 Å². The lowest BCUT2D eigenvalue weighted by atomic mass is 9.82. The van der Waals surface area contributed by atoms with Crippen LogP contribution in [0.3, 0.4) is 0 Å². The molecule has 0 aliphatic carbocycles. The summed E-state index contributed by atoms with van der Waals surface area (Å²) in [5.41, 5.74) is 1.28. The molecule has 1 saturated heterocycles. The maximum absolute atomic E-state index is 9.72. The van der Waals surface area contributed by atoms with E-state index in [1.807, 2.05) is 18.2 Å². The van der Waals surface area contributed by atoms with Gasteiger partial charge in [0.05, 0.1) is 0 Å². The maximum Gasteiger partial charge on any atom is 0.0499 e. The van der Waals surface area contributed by atoms with Gasteiger partial charge >= 0.3 is 0 Å². The van der Waals surface area contributed by atoms with Crippen LogP contribution in [-0.2, 0) is 0 Å². The third-order valence-electron chi connectivity index (χ3n) is 4.94. The third kappa shape index (κ3) is 4.12. The van der Waals surface area contributed by atoms with Gasteiger partial charge < -0.3 is 10.0 Å². The van der Waals surface area contributed by atoms with Gasteiger partial charge in [-0.15, -0.1) is 0 Å². The molecule has 1 N–H and O–H groups in total. The maximum atomic E-state index is 9.72. The Bertz CT molecular complexity index is 432. The highest BCUT2D eigenvalue weighted by molar-refractivity contribution is 6.30. The smallest absolute Gasteiger partial charge is 0.0499 e. The Morgan fingerprint density at radius 2 is 1.81 bits per heavy atom. The van der Waals surface area contributed by atoms with Crippen LogP contribution in [0.5, 0.6) is 0 Å². The molecule has 0 amide bonds. The topological polar surface area (TPSA) is 26.7 Å². The molecule has 1 aromatic carbocycles.